The Kier molecular flexibility index (Phi) is 41.0. The molecular weight excluding hydrogens is 510 g/mol. The Morgan fingerprint density at radius 1 is 0.889 bits per heavy atom. The molecule has 0 unspecified atom stereocenters. The average molecular weight is 539 g/mol. The zero-order valence-electron chi connectivity index (χ0n) is 12.1. The van der Waals surface area contributed by atoms with E-state index in [9.17, 15) is 6.45 Å². The van der Waals surface area contributed by atoms with Crippen LogP contribution in [0.3, 0.4) is 0 Å². The van der Waals surface area contributed by atoms with E-state index in [1.807, 2.05) is 0 Å². The van der Waals surface area contributed by atoms with Crippen LogP contribution < -0.4 is 0 Å². The minimum atomic E-state index is -2.05. The third-order valence-electron chi connectivity index (χ3n) is 1.32. The topological polar surface area (TPSA) is 0 Å². The van der Waals surface area contributed by atoms with Gasteiger partial charge in [-0.3, -0.25) is 0 Å². The molecule has 0 aromatic carbocycles. The normalized spacial score (nSPS) is 13.2. The van der Waals surface area contributed by atoms with Gasteiger partial charge in [-0.25, -0.2) is 0 Å². The Morgan fingerprint density at radius 2 is 1.11 bits per heavy atom. The Bertz CT molecular complexity index is 84.9. The van der Waals surface area contributed by atoms with E-state index in [1.165, 1.54) is 32.1 Å². The summed E-state index contributed by atoms with van der Waals surface area (Å²) in [7, 11) is 0. The third-order valence-corrected chi connectivity index (χ3v) is 1.32. The van der Waals surface area contributed by atoms with Gasteiger partial charge in [-0.05, 0) is 0 Å². The number of hydrogen-bond acceptors (Lipinski definition) is 0. The van der Waals surface area contributed by atoms with Crippen molar-refractivity contribution < 1.29 is 47.8 Å². The van der Waals surface area contributed by atoms with Crippen molar-refractivity contribution in [3.63, 3.8) is 0 Å². The van der Waals surface area contributed by atoms with Crippen molar-refractivity contribution in [1.29, 1.82) is 0 Å². The monoisotopic (exact) mass is 538 g/mol. The Hall–Kier alpha value is 1.26. The first kappa shape index (κ1) is 27.6. The molecule has 0 heterocycles. The second kappa shape index (κ2) is 26.8. The summed E-state index contributed by atoms with van der Waals surface area (Å²) >= 11 is -2.05. The molecule has 0 bridgehead atoms. The molecule has 4 heteroatoms. The number of rotatable bonds is 0. The van der Waals surface area contributed by atoms with E-state index >= 15 is 0 Å². The minimum absolute atomic E-state index is 0. The predicted octanol–water partition coefficient (Wildman–Crippen LogP) is 5.94. The van der Waals surface area contributed by atoms with E-state index in [1.54, 1.807) is 0 Å². The van der Waals surface area contributed by atoms with Gasteiger partial charge >= 0.3 is 47.8 Å². The van der Waals surface area contributed by atoms with Gasteiger partial charge in [0.25, 0.3) is 0 Å². The van der Waals surface area contributed by atoms with Crippen LogP contribution in [-0.2, 0) is 41.4 Å². The zero-order valence-corrected chi connectivity index (χ0v) is 15.8. The predicted molar refractivity (Wildman–Crippen MR) is 70.0 cm³/mol. The molecule has 1 aliphatic rings. The molecule has 0 nitrogen and oxygen atoms in total. The summed E-state index contributed by atoms with van der Waals surface area (Å²) in [5, 5.41) is 0. The van der Waals surface area contributed by atoms with E-state index < -0.39 is 19.0 Å². The van der Waals surface area contributed by atoms with Crippen molar-refractivity contribution in [2.45, 2.75) is 59.8 Å². The quantitative estimate of drug-likeness (QED) is 0.264. The van der Waals surface area contributed by atoms with Crippen LogP contribution in [0.2, 0.25) is 0 Å². The van der Waals surface area contributed by atoms with Crippen LogP contribution in [-0.4, -0.2) is 0 Å². The Morgan fingerprint density at radius 3 is 1.17 bits per heavy atom. The maximum absolute atomic E-state index is 9.68. The van der Waals surface area contributed by atoms with Gasteiger partial charge in [0, 0.05) is 0 Å². The molecule has 1 aliphatic carbocycles. The van der Waals surface area contributed by atoms with Gasteiger partial charge in [0.15, 0.2) is 0 Å². The maximum atomic E-state index is 9.68. The second-order valence-electron chi connectivity index (χ2n) is 4.76. The van der Waals surface area contributed by atoms with Crippen LogP contribution in [0.15, 0.2) is 0 Å². The fourth-order valence-electron chi connectivity index (χ4n) is 0.898. The van der Waals surface area contributed by atoms with Crippen LogP contribution >= 0.6 is 0 Å². The summed E-state index contributed by atoms with van der Waals surface area (Å²) in [6, 6.07) is 0. The van der Waals surface area contributed by atoms with Gasteiger partial charge in [0.1, 0.15) is 0 Å². The first-order valence-electron chi connectivity index (χ1n) is 6.18. The molecule has 1 saturated carbocycles. The van der Waals surface area contributed by atoms with E-state index in [-0.39, 0.29) is 22.4 Å². The van der Waals surface area contributed by atoms with Gasteiger partial charge in [-0.15, -0.1) is 0 Å². The van der Waals surface area contributed by atoms with Crippen molar-refractivity contribution in [2.24, 2.45) is 11.8 Å². The third kappa shape index (κ3) is 86.6. The Labute approximate surface area is 139 Å². The van der Waals surface area contributed by atoms with Crippen LogP contribution in [0.4, 0.5) is 6.45 Å². The molecule has 0 amide bonds. The van der Waals surface area contributed by atoms with Crippen molar-refractivity contribution in [3.8, 4) is 0 Å². The molecule has 0 spiro atoms. The first-order valence-corrected chi connectivity index (χ1v) is 7.36. The van der Waals surface area contributed by atoms with E-state index in [2.05, 4.69) is 48.0 Å². The fourth-order valence-corrected chi connectivity index (χ4v) is 0.898. The van der Waals surface area contributed by atoms with E-state index in [0.717, 1.165) is 0 Å². The molecule has 0 atom stereocenters. The van der Waals surface area contributed by atoms with Gasteiger partial charge in [-0.1, -0.05) is 47.0 Å². The van der Waals surface area contributed by atoms with Gasteiger partial charge < -0.3 is 20.3 Å². The van der Waals surface area contributed by atoms with Crippen molar-refractivity contribution in [3.05, 3.63) is 20.3 Å². The van der Waals surface area contributed by atoms with Crippen LogP contribution in [0.25, 0.3) is 0 Å². The van der Waals surface area contributed by atoms with Crippen LogP contribution in [0.5, 0.6) is 0 Å². The molecule has 0 saturated heterocycles. The van der Waals surface area contributed by atoms with E-state index in [4.69, 9.17) is 0 Å². The van der Waals surface area contributed by atoms with Crippen LogP contribution in [0, 0.1) is 32.1 Å². The molecule has 0 aromatic rings. The number of hydrogen-bond donors (Lipinski definition) is 0. The summed E-state index contributed by atoms with van der Waals surface area (Å²) in [5.41, 5.74) is 0. The summed E-state index contributed by atoms with van der Waals surface area (Å²) in [6.45, 7) is 15.5. The molecule has 120 valence electrons. The second-order valence-corrected chi connectivity index (χ2v) is 4.98. The van der Waals surface area contributed by atoms with E-state index in [0.29, 0.717) is 11.8 Å². The van der Waals surface area contributed by atoms with Gasteiger partial charge in [0.2, 0.25) is 0 Å². The Balaban J connectivity index is -0.0000000743. The molecule has 1 fully saturated rings. The van der Waals surface area contributed by atoms with Crippen molar-refractivity contribution in [2.75, 3.05) is 0 Å². The fraction of sp³-hybridized carbons (Fsp3) is 0.786. The average Bonchev–Trinajstić information content (AvgIpc) is 2.19. The van der Waals surface area contributed by atoms with Gasteiger partial charge in [0.05, 0.1) is 0 Å². The molecule has 0 radical (unpaired) electrons. The molecule has 18 heavy (non-hydrogen) atoms. The SMILES string of the molecule is [Au+3].[CH-]1CCCCC1.[CH2-]C(C)C.[CH2-]C(C)C.[F][Pd][F]. The molecule has 0 aromatic heterocycles. The van der Waals surface area contributed by atoms with Crippen molar-refractivity contribution in [1.82, 2.24) is 0 Å². The summed E-state index contributed by atoms with van der Waals surface area (Å²) in [4.78, 5) is 0. The van der Waals surface area contributed by atoms with Crippen molar-refractivity contribution >= 4 is 0 Å². The summed E-state index contributed by atoms with van der Waals surface area (Å²) in [5.74, 6) is 1.17. The first-order chi connectivity index (χ1) is 7.88. The summed E-state index contributed by atoms with van der Waals surface area (Å²) in [6.07, 6.45) is 9.50. The molecule has 0 N–H and O–H groups in total. The molecular formula is C14H29AuF2Pd. The standard InChI is InChI=1S/C6H11.2C4H9.Au.2FH.Pd/c1-2-4-6-5-3-1;2*1-4(2)3;;;;/h1H,2-6H2;2*4H,1H2,2-3H3;;2*1H;/q3*-1;+3;;;+2/p-2. The molecule has 1 rings (SSSR count). The van der Waals surface area contributed by atoms with Gasteiger partial charge in [-0.2, -0.15) is 24.7 Å². The summed E-state index contributed by atoms with van der Waals surface area (Å²) < 4.78 is 19.4. The van der Waals surface area contributed by atoms with Crippen LogP contribution in [0.1, 0.15) is 59.8 Å². The molecule has 0 aliphatic heterocycles. The zero-order chi connectivity index (χ0) is 14.1. The number of halogens is 2.